The van der Waals surface area contributed by atoms with Gasteiger partial charge in [0, 0.05) is 17.0 Å². The summed E-state index contributed by atoms with van der Waals surface area (Å²) in [6.45, 7) is 0. The third kappa shape index (κ3) is 2.30. The molecule has 0 aliphatic heterocycles. The number of halogens is 2. The molecule has 0 N–H and O–H groups in total. The Kier molecular flexibility index (Phi) is 3.24. The highest BCUT2D eigenvalue weighted by atomic mass is 35.5. The molecule has 3 rings (SSSR count). The van der Waals surface area contributed by atoms with E-state index in [1.54, 1.807) is 13.2 Å². The van der Waals surface area contributed by atoms with Crippen LogP contribution in [0.5, 0.6) is 5.75 Å². The van der Waals surface area contributed by atoms with Gasteiger partial charge in [-0.3, -0.25) is 0 Å². The van der Waals surface area contributed by atoms with Crippen molar-refractivity contribution in [2.24, 2.45) is 0 Å². The van der Waals surface area contributed by atoms with Crippen molar-refractivity contribution in [3.05, 3.63) is 53.4 Å². The monoisotopic (exact) mass is 288 g/mol. The number of methoxy groups -OCH3 is 1. The molecule has 3 aromatic rings. The number of rotatable bonds is 2. The van der Waals surface area contributed by atoms with Gasteiger partial charge in [0.15, 0.2) is 5.82 Å². The van der Waals surface area contributed by atoms with Crippen LogP contribution in [0.15, 0.2) is 42.5 Å². The molecule has 3 nitrogen and oxygen atoms in total. The Bertz CT molecular complexity index is 775. The van der Waals surface area contributed by atoms with Crippen LogP contribution in [-0.4, -0.2) is 17.1 Å². The molecule has 20 heavy (non-hydrogen) atoms. The van der Waals surface area contributed by atoms with Gasteiger partial charge in [-0.2, -0.15) is 0 Å². The average Bonchev–Trinajstić information content (AvgIpc) is 2.46. The van der Waals surface area contributed by atoms with Crippen LogP contribution in [0.25, 0.3) is 22.3 Å². The second-order valence-corrected chi connectivity index (χ2v) is 4.59. The van der Waals surface area contributed by atoms with E-state index in [4.69, 9.17) is 16.3 Å². The molecule has 0 unspecified atom stereocenters. The largest absolute Gasteiger partial charge is 0.497 e. The quantitative estimate of drug-likeness (QED) is 0.666. The highest BCUT2D eigenvalue weighted by molar-refractivity contribution is 6.34. The Morgan fingerprint density at radius 2 is 1.80 bits per heavy atom. The number of aromatic nitrogens is 2. The maximum absolute atomic E-state index is 13.3. The fourth-order valence-electron chi connectivity index (χ4n) is 1.93. The van der Waals surface area contributed by atoms with Gasteiger partial charge in [-0.15, -0.1) is 0 Å². The molecule has 2 aromatic carbocycles. The molecule has 0 aliphatic carbocycles. The number of hydrogen-bond donors (Lipinski definition) is 0. The fourth-order valence-corrected chi connectivity index (χ4v) is 2.17. The molecular formula is C15H10ClFN2O. The first-order valence-corrected chi connectivity index (χ1v) is 6.32. The molecule has 1 heterocycles. The minimum absolute atomic E-state index is 0.306. The van der Waals surface area contributed by atoms with Gasteiger partial charge >= 0.3 is 0 Å². The van der Waals surface area contributed by atoms with Crippen LogP contribution in [0.1, 0.15) is 0 Å². The lowest BCUT2D eigenvalue weighted by atomic mass is 10.2. The first-order chi connectivity index (χ1) is 9.67. The topological polar surface area (TPSA) is 35.0 Å². The summed E-state index contributed by atoms with van der Waals surface area (Å²) in [5, 5.41) is 0.936. The van der Waals surface area contributed by atoms with Gasteiger partial charge in [-0.1, -0.05) is 11.6 Å². The van der Waals surface area contributed by atoms with Crippen LogP contribution in [0.2, 0.25) is 5.15 Å². The molecule has 0 saturated heterocycles. The van der Waals surface area contributed by atoms with E-state index >= 15 is 0 Å². The minimum atomic E-state index is -0.354. The normalized spacial score (nSPS) is 10.8. The number of benzene rings is 2. The number of nitrogens with zero attached hydrogens (tertiary/aromatic N) is 2. The maximum Gasteiger partial charge on any atom is 0.161 e. The van der Waals surface area contributed by atoms with E-state index in [0.717, 1.165) is 11.3 Å². The smallest absolute Gasteiger partial charge is 0.161 e. The zero-order valence-electron chi connectivity index (χ0n) is 10.6. The Hall–Kier alpha value is -2.20. The van der Waals surface area contributed by atoms with Crippen molar-refractivity contribution < 1.29 is 9.13 Å². The minimum Gasteiger partial charge on any atom is -0.497 e. The molecule has 100 valence electrons. The van der Waals surface area contributed by atoms with Crippen molar-refractivity contribution in [2.75, 3.05) is 7.11 Å². The summed E-state index contributed by atoms with van der Waals surface area (Å²) in [5.74, 6) is 0.843. The van der Waals surface area contributed by atoms with E-state index in [2.05, 4.69) is 9.97 Å². The highest BCUT2D eigenvalue weighted by Gasteiger charge is 2.09. The van der Waals surface area contributed by atoms with Gasteiger partial charge in [-0.05, 0) is 36.4 Å². The average molecular weight is 289 g/mol. The SMILES string of the molecule is COc1ccc(-c2nc(Cl)c3ccc(F)cc3n2)cc1. The number of ether oxygens (including phenoxy) is 1. The van der Waals surface area contributed by atoms with Gasteiger partial charge in [0.1, 0.15) is 16.7 Å². The summed E-state index contributed by atoms with van der Waals surface area (Å²) in [5.41, 5.74) is 1.27. The predicted octanol–water partition coefficient (Wildman–Crippen LogP) is 4.10. The van der Waals surface area contributed by atoms with E-state index in [1.807, 2.05) is 24.3 Å². The molecule has 0 fully saturated rings. The predicted molar refractivity (Wildman–Crippen MR) is 76.5 cm³/mol. The summed E-state index contributed by atoms with van der Waals surface area (Å²) in [6, 6.07) is 11.5. The van der Waals surface area contributed by atoms with E-state index in [1.165, 1.54) is 12.1 Å². The zero-order valence-corrected chi connectivity index (χ0v) is 11.4. The van der Waals surface area contributed by atoms with E-state index < -0.39 is 0 Å². The second kappa shape index (κ2) is 5.06. The molecule has 0 radical (unpaired) electrons. The zero-order chi connectivity index (χ0) is 14.1. The lowest BCUT2D eigenvalue weighted by Crippen LogP contribution is -1.93. The maximum atomic E-state index is 13.3. The second-order valence-electron chi connectivity index (χ2n) is 4.23. The van der Waals surface area contributed by atoms with Gasteiger partial charge < -0.3 is 4.74 Å². The van der Waals surface area contributed by atoms with Crippen molar-refractivity contribution >= 4 is 22.5 Å². The molecule has 0 bridgehead atoms. The number of hydrogen-bond acceptors (Lipinski definition) is 3. The van der Waals surface area contributed by atoms with Crippen LogP contribution in [-0.2, 0) is 0 Å². The fraction of sp³-hybridized carbons (Fsp3) is 0.0667. The highest BCUT2D eigenvalue weighted by Crippen LogP contribution is 2.26. The summed E-state index contributed by atoms with van der Waals surface area (Å²) in [4.78, 5) is 8.59. The van der Waals surface area contributed by atoms with E-state index in [0.29, 0.717) is 21.9 Å². The Balaban J connectivity index is 2.15. The first-order valence-electron chi connectivity index (χ1n) is 5.94. The summed E-state index contributed by atoms with van der Waals surface area (Å²) >= 11 is 6.12. The van der Waals surface area contributed by atoms with Crippen LogP contribution in [0.4, 0.5) is 4.39 Å². The van der Waals surface area contributed by atoms with Crippen molar-refractivity contribution in [1.29, 1.82) is 0 Å². The Labute approximate surface area is 120 Å². The number of fused-ring (bicyclic) bond motifs is 1. The molecule has 0 atom stereocenters. The third-order valence-corrected chi connectivity index (χ3v) is 3.25. The van der Waals surface area contributed by atoms with E-state index in [-0.39, 0.29) is 5.82 Å². The lowest BCUT2D eigenvalue weighted by Gasteiger charge is -2.05. The molecule has 0 aliphatic rings. The van der Waals surface area contributed by atoms with Crippen molar-refractivity contribution in [1.82, 2.24) is 9.97 Å². The molecule has 0 saturated carbocycles. The molecule has 0 amide bonds. The first kappa shape index (κ1) is 12.8. The van der Waals surface area contributed by atoms with Gasteiger partial charge in [-0.25, -0.2) is 14.4 Å². The van der Waals surface area contributed by atoms with Gasteiger partial charge in [0.25, 0.3) is 0 Å². The standard InChI is InChI=1S/C15H10ClFN2O/c1-20-11-5-2-9(3-6-11)15-18-13-8-10(17)4-7-12(13)14(16)19-15/h2-8H,1H3. The Morgan fingerprint density at radius 1 is 1.05 bits per heavy atom. The third-order valence-electron chi connectivity index (χ3n) is 2.96. The van der Waals surface area contributed by atoms with Crippen LogP contribution >= 0.6 is 11.6 Å². The Morgan fingerprint density at radius 3 is 2.50 bits per heavy atom. The molecule has 0 spiro atoms. The summed E-state index contributed by atoms with van der Waals surface area (Å²) in [6.07, 6.45) is 0. The van der Waals surface area contributed by atoms with E-state index in [9.17, 15) is 4.39 Å². The van der Waals surface area contributed by atoms with Gasteiger partial charge in [0.2, 0.25) is 0 Å². The summed E-state index contributed by atoms with van der Waals surface area (Å²) < 4.78 is 18.4. The van der Waals surface area contributed by atoms with Crippen LogP contribution < -0.4 is 4.74 Å². The molecular weight excluding hydrogens is 279 g/mol. The van der Waals surface area contributed by atoms with Crippen molar-refractivity contribution in [3.63, 3.8) is 0 Å². The molecule has 1 aromatic heterocycles. The summed E-state index contributed by atoms with van der Waals surface area (Å²) in [7, 11) is 1.60. The lowest BCUT2D eigenvalue weighted by molar-refractivity contribution is 0.415. The molecule has 5 heteroatoms. The van der Waals surface area contributed by atoms with Crippen LogP contribution in [0, 0.1) is 5.82 Å². The van der Waals surface area contributed by atoms with Crippen molar-refractivity contribution in [2.45, 2.75) is 0 Å². The van der Waals surface area contributed by atoms with Crippen molar-refractivity contribution in [3.8, 4) is 17.1 Å². The van der Waals surface area contributed by atoms with Crippen LogP contribution in [0.3, 0.4) is 0 Å². The van der Waals surface area contributed by atoms with Gasteiger partial charge in [0.05, 0.1) is 12.6 Å².